The quantitative estimate of drug-likeness (QED) is 0.239. The van der Waals surface area contributed by atoms with Gasteiger partial charge in [-0.05, 0) is 80.4 Å². The molecule has 0 radical (unpaired) electrons. The van der Waals surface area contributed by atoms with Gasteiger partial charge in [-0.3, -0.25) is 0 Å². The van der Waals surface area contributed by atoms with Crippen molar-refractivity contribution in [3.8, 4) is 16.9 Å². The van der Waals surface area contributed by atoms with Gasteiger partial charge < -0.3 is 9.40 Å². The van der Waals surface area contributed by atoms with E-state index in [0.717, 1.165) is 33.8 Å². The molecule has 0 saturated carbocycles. The van der Waals surface area contributed by atoms with Crippen molar-refractivity contribution in [3.05, 3.63) is 113 Å². The van der Waals surface area contributed by atoms with Gasteiger partial charge in [-0.15, -0.1) is 0 Å². The number of hydrogen-bond acceptors (Lipinski definition) is 2. The zero-order chi connectivity index (χ0) is 22.7. The van der Waals surface area contributed by atoms with Gasteiger partial charge in [0, 0.05) is 22.5 Å². The first-order valence-corrected chi connectivity index (χ1v) is 10.4. The summed E-state index contributed by atoms with van der Waals surface area (Å²) in [5.41, 5.74) is 6.96. The van der Waals surface area contributed by atoms with E-state index in [2.05, 4.69) is 15.8 Å². The average molecular weight is 430 g/mol. The monoisotopic (exact) mass is 430 g/mol. The predicted molar refractivity (Wildman–Crippen MR) is 124 cm³/mol. The molecule has 0 unspecified atom stereocenters. The van der Waals surface area contributed by atoms with E-state index in [-0.39, 0.29) is 18.2 Å². The fourth-order valence-corrected chi connectivity index (χ4v) is 3.77. The molecule has 32 heavy (non-hydrogen) atoms. The highest BCUT2D eigenvalue weighted by Crippen LogP contribution is 2.30. The summed E-state index contributed by atoms with van der Waals surface area (Å²) in [6, 6.07) is 23.1. The van der Waals surface area contributed by atoms with Crippen molar-refractivity contribution in [2.75, 3.05) is 0 Å². The molecule has 0 amide bonds. The molecule has 0 fully saturated rings. The molecule has 0 spiro atoms. The molecule has 0 saturated heterocycles. The Kier molecular flexibility index (Phi) is 6.17. The number of aryl methyl sites for hydroxylation is 1. The standard InChI is InChI=1S/C27H24F2N2O/c1-18-7-6-9-24(15-18)31-20(3)25(16-27(31)21-11-13-23(28)14-12-21)19(2)30-32-17-22-8-4-5-10-26(22)29/h4-16H,17H2,1-3H3/b30-19+. The minimum absolute atomic E-state index is 0.0481. The van der Waals surface area contributed by atoms with E-state index in [4.69, 9.17) is 4.84 Å². The van der Waals surface area contributed by atoms with Crippen LogP contribution in [0.2, 0.25) is 0 Å². The van der Waals surface area contributed by atoms with Crippen LogP contribution in [0, 0.1) is 25.5 Å². The second-order valence-electron chi connectivity index (χ2n) is 7.75. The molecule has 162 valence electrons. The molecule has 5 heteroatoms. The highest BCUT2D eigenvalue weighted by molar-refractivity contribution is 6.01. The van der Waals surface area contributed by atoms with Gasteiger partial charge in [0.25, 0.3) is 0 Å². The van der Waals surface area contributed by atoms with Crippen LogP contribution in [-0.2, 0) is 11.4 Å². The fraction of sp³-hybridized carbons (Fsp3) is 0.148. The molecule has 1 aromatic heterocycles. The second-order valence-corrected chi connectivity index (χ2v) is 7.75. The van der Waals surface area contributed by atoms with E-state index in [9.17, 15) is 8.78 Å². The number of oxime groups is 1. The third-order valence-corrected chi connectivity index (χ3v) is 5.42. The molecule has 0 aliphatic heterocycles. The molecule has 4 aromatic rings. The van der Waals surface area contributed by atoms with Crippen LogP contribution < -0.4 is 0 Å². The number of halogens is 2. The van der Waals surface area contributed by atoms with E-state index in [0.29, 0.717) is 11.3 Å². The van der Waals surface area contributed by atoms with Crippen LogP contribution >= 0.6 is 0 Å². The first-order chi connectivity index (χ1) is 15.4. The summed E-state index contributed by atoms with van der Waals surface area (Å²) in [5, 5.41) is 4.24. The number of hydrogen-bond donors (Lipinski definition) is 0. The fourth-order valence-electron chi connectivity index (χ4n) is 3.77. The topological polar surface area (TPSA) is 26.5 Å². The van der Waals surface area contributed by atoms with Crippen LogP contribution in [0.3, 0.4) is 0 Å². The minimum Gasteiger partial charge on any atom is -0.391 e. The van der Waals surface area contributed by atoms with Crippen molar-refractivity contribution in [1.82, 2.24) is 4.57 Å². The predicted octanol–water partition coefficient (Wildman–Crippen LogP) is 6.98. The number of rotatable bonds is 6. The van der Waals surface area contributed by atoms with Gasteiger partial charge in [-0.25, -0.2) is 8.78 Å². The van der Waals surface area contributed by atoms with Crippen LogP contribution in [0.4, 0.5) is 8.78 Å². The van der Waals surface area contributed by atoms with Crippen molar-refractivity contribution in [1.29, 1.82) is 0 Å². The Bertz CT molecular complexity index is 1270. The van der Waals surface area contributed by atoms with Crippen LogP contribution in [0.25, 0.3) is 16.9 Å². The van der Waals surface area contributed by atoms with E-state index in [1.54, 1.807) is 30.3 Å². The van der Waals surface area contributed by atoms with Gasteiger partial charge >= 0.3 is 0 Å². The lowest BCUT2D eigenvalue weighted by molar-refractivity contribution is 0.128. The van der Waals surface area contributed by atoms with E-state index >= 15 is 0 Å². The molecule has 0 bridgehead atoms. The maximum Gasteiger partial charge on any atom is 0.145 e. The van der Waals surface area contributed by atoms with Gasteiger partial charge in [0.15, 0.2) is 0 Å². The van der Waals surface area contributed by atoms with Gasteiger partial charge in [0.2, 0.25) is 0 Å². The van der Waals surface area contributed by atoms with Crippen LogP contribution in [0.1, 0.15) is 29.3 Å². The lowest BCUT2D eigenvalue weighted by Gasteiger charge is -2.13. The van der Waals surface area contributed by atoms with Crippen molar-refractivity contribution >= 4 is 5.71 Å². The molecule has 1 heterocycles. The van der Waals surface area contributed by atoms with Crippen LogP contribution in [-0.4, -0.2) is 10.3 Å². The number of nitrogens with zero attached hydrogens (tertiary/aromatic N) is 2. The molecule has 0 N–H and O–H groups in total. The van der Waals surface area contributed by atoms with E-state index in [1.165, 1.54) is 18.2 Å². The SMILES string of the molecule is C/C(=N\OCc1ccccc1F)c1cc(-c2ccc(F)cc2)n(-c2cccc(C)c2)c1C. The van der Waals surface area contributed by atoms with Gasteiger partial charge in [0.1, 0.15) is 18.2 Å². The van der Waals surface area contributed by atoms with Crippen LogP contribution in [0.15, 0.2) is 84.0 Å². The number of aromatic nitrogens is 1. The van der Waals surface area contributed by atoms with Crippen molar-refractivity contribution in [2.24, 2.45) is 5.16 Å². The summed E-state index contributed by atoms with van der Waals surface area (Å²) in [7, 11) is 0. The Hall–Kier alpha value is -3.73. The van der Waals surface area contributed by atoms with E-state index in [1.807, 2.05) is 45.0 Å². The van der Waals surface area contributed by atoms with Crippen molar-refractivity contribution in [2.45, 2.75) is 27.4 Å². The van der Waals surface area contributed by atoms with Gasteiger partial charge in [-0.1, -0.05) is 35.5 Å². The third kappa shape index (κ3) is 4.47. The Morgan fingerprint density at radius 1 is 0.906 bits per heavy atom. The summed E-state index contributed by atoms with van der Waals surface area (Å²) >= 11 is 0. The third-order valence-electron chi connectivity index (χ3n) is 5.42. The largest absolute Gasteiger partial charge is 0.391 e. The molecular formula is C27H24F2N2O. The van der Waals surface area contributed by atoms with Crippen LogP contribution in [0.5, 0.6) is 0 Å². The highest BCUT2D eigenvalue weighted by atomic mass is 19.1. The number of benzene rings is 3. The van der Waals surface area contributed by atoms with E-state index < -0.39 is 0 Å². The van der Waals surface area contributed by atoms with Gasteiger partial charge in [-0.2, -0.15) is 0 Å². The Morgan fingerprint density at radius 3 is 2.38 bits per heavy atom. The van der Waals surface area contributed by atoms with Crippen molar-refractivity contribution < 1.29 is 13.6 Å². The van der Waals surface area contributed by atoms with Gasteiger partial charge in [0.05, 0.1) is 11.4 Å². The summed E-state index contributed by atoms with van der Waals surface area (Å²) in [6.45, 7) is 5.97. The molecule has 0 aliphatic rings. The summed E-state index contributed by atoms with van der Waals surface area (Å²) in [4.78, 5) is 5.46. The molecule has 0 aliphatic carbocycles. The highest BCUT2D eigenvalue weighted by Gasteiger charge is 2.17. The minimum atomic E-state index is -0.319. The Balaban J connectivity index is 1.73. The summed E-state index contributed by atoms with van der Waals surface area (Å²) < 4.78 is 29.5. The summed E-state index contributed by atoms with van der Waals surface area (Å²) in [6.07, 6.45) is 0. The lowest BCUT2D eigenvalue weighted by Crippen LogP contribution is -2.03. The first-order valence-electron chi connectivity index (χ1n) is 10.4. The molecule has 4 rings (SSSR count). The molecule has 3 nitrogen and oxygen atoms in total. The molecular weight excluding hydrogens is 406 g/mol. The maximum atomic E-state index is 13.8. The van der Waals surface area contributed by atoms with Crippen molar-refractivity contribution in [3.63, 3.8) is 0 Å². The Morgan fingerprint density at radius 2 is 1.66 bits per heavy atom. The Labute approximate surface area is 186 Å². The smallest absolute Gasteiger partial charge is 0.145 e. The lowest BCUT2D eigenvalue weighted by atomic mass is 10.1. The first kappa shape index (κ1) is 21.5. The zero-order valence-corrected chi connectivity index (χ0v) is 18.3. The summed E-state index contributed by atoms with van der Waals surface area (Å²) in [5.74, 6) is -0.598. The average Bonchev–Trinajstić information content (AvgIpc) is 3.12. The second kappa shape index (κ2) is 9.18. The normalized spacial score (nSPS) is 11.6. The maximum absolute atomic E-state index is 13.8. The zero-order valence-electron chi connectivity index (χ0n) is 18.3. The molecule has 0 atom stereocenters. The molecule has 3 aromatic carbocycles.